The summed E-state index contributed by atoms with van der Waals surface area (Å²) in [4.78, 5) is 20.5. The maximum absolute atomic E-state index is 13.2. The standard InChI is InChI=1S/C24H23Cl2F3N2O2/c25-20-10-7-17(11-21(20)26)22-12-19(33-30-22)14-31(23(32)16-3-1-2-4-16)13-15-5-8-18(9-6-15)24(27,28)29/h5-11,16,19H,1-4,12-14H2. The predicted molar refractivity (Wildman–Crippen MR) is 121 cm³/mol. The number of oxime groups is 1. The average molecular weight is 499 g/mol. The highest BCUT2D eigenvalue weighted by Crippen LogP contribution is 2.31. The van der Waals surface area contributed by atoms with Gasteiger partial charge in [-0.2, -0.15) is 13.2 Å². The third-order valence-electron chi connectivity index (χ3n) is 6.08. The lowest BCUT2D eigenvalue weighted by molar-refractivity contribution is -0.138. The number of benzene rings is 2. The molecule has 0 bridgehead atoms. The largest absolute Gasteiger partial charge is 0.416 e. The number of hydrogen-bond acceptors (Lipinski definition) is 3. The molecular formula is C24H23Cl2F3N2O2. The fourth-order valence-corrected chi connectivity index (χ4v) is 4.60. The summed E-state index contributed by atoms with van der Waals surface area (Å²) in [6.45, 7) is 0.514. The Hall–Kier alpha value is -2.25. The second kappa shape index (κ2) is 9.94. The Balaban J connectivity index is 1.46. The molecule has 2 aromatic carbocycles. The maximum atomic E-state index is 13.2. The number of halogens is 5. The van der Waals surface area contributed by atoms with E-state index in [4.69, 9.17) is 28.0 Å². The van der Waals surface area contributed by atoms with Crippen molar-refractivity contribution < 1.29 is 22.8 Å². The molecule has 0 spiro atoms. The summed E-state index contributed by atoms with van der Waals surface area (Å²) in [6, 6.07) is 10.2. The van der Waals surface area contributed by atoms with E-state index in [1.807, 2.05) is 6.07 Å². The number of rotatable bonds is 6. The fraction of sp³-hybridized carbons (Fsp3) is 0.417. The van der Waals surface area contributed by atoms with Crippen LogP contribution in [0.4, 0.5) is 13.2 Å². The van der Waals surface area contributed by atoms with Crippen molar-refractivity contribution in [3.8, 4) is 0 Å². The van der Waals surface area contributed by atoms with Gasteiger partial charge in [0.1, 0.15) is 0 Å². The number of carbonyl (C=O) groups is 1. The van der Waals surface area contributed by atoms with Gasteiger partial charge in [0.2, 0.25) is 5.91 Å². The summed E-state index contributed by atoms with van der Waals surface area (Å²) in [6.07, 6.45) is -0.580. The third-order valence-corrected chi connectivity index (χ3v) is 6.82. The molecule has 1 aliphatic heterocycles. The van der Waals surface area contributed by atoms with Crippen LogP contribution >= 0.6 is 23.2 Å². The predicted octanol–water partition coefficient (Wildman–Crippen LogP) is 6.72. The number of nitrogens with zero attached hydrogens (tertiary/aromatic N) is 2. The molecule has 0 saturated heterocycles. The summed E-state index contributed by atoms with van der Waals surface area (Å²) >= 11 is 12.1. The maximum Gasteiger partial charge on any atom is 0.416 e. The summed E-state index contributed by atoms with van der Waals surface area (Å²) in [5.41, 5.74) is 1.43. The van der Waals surface area contributed by atoms with Crippen molar-refractivity contribution in [1.82, 2.24) is 4.90 Å². The van der Waals surface area contributed by atoms with Gasteiger partial charge in [0.15, 0.2) is 6.10 Å². The van der Waals surface area contributed by atoms with E-state index in [1.165, 1.54) is 12.1 Å². The molecule has 176 valence electrons. The first-order valence-corrected chi connectivity index (χ1v) is 11.6. The number of hydrogen-bond donors (Lipinski definition) is 0. The van der Waals surface area contributed by atoms with Crippen LogP contribution in [0.15, 0.2) is 47.6 Å². The number of alkyl halides is 3. The minimum atomic E-state index is -4.39. The molecule has 0 aromatic heterocycles. The Labute approximate surface area is 200 Å². The summed E-state index contributed by atoms with van der Waals surface area (Å²) in [7, 11) is 0. The zero-order valence-corrected chi connectivity index (χ0v) is 19.3. The van der Waals surface area contributed by atoms with Crippen LogP contribution in [0.3, 0.4) is 0 Å². The molecule has 2 aliphatic rings. The van der Waals surface area contributed by atoms with E-state index in [0.29, 0.717) is 34.3 Å². The molecule has 1 amide bonds. The van der Waals surface area contributed by atoms with Crippen molar-refractivity contribution in [3.63, 3.8) is 0 Å². The van der Waals surface area contributed by atoms with E-state index in [0.717, 1.165) is 43.4 Å². The smallest absolute Gasteiger partial charge is 0.390 e. The molecule has 4 rings (SSSR count). The molecule has 1 saturated carbocycles. The van der Waals surface area contributed by atoms with Gasteiger partial charge in [-0.15, -0.1) is 0 Å². The molecule has 33 heavy (non-hydrogen) atoms. The van der Waals surface area contributed by atoms with Crippen molar-refractivity contribution in [2.75, 3.05) is 6.54 Å². The van der Waals surface area contributed by atoms with Crippen LogP contribution in [0.2, 0.25) is 10.0 Å². The van der Waals surface area contributed by atoms with Crippen LogP contribution in [-0.4, -0.2) is 29.2 Å². The first-order valence-electron chi connectivity index (χ1n) is 10.8. The van der Waals surface area contributed by atoms with E-state index >= 15 is 0 Å². The van der Waals surface area contributed by atoms with Gasteiger partial charge in [-0.1, -0.05) is 59.4 Å². The lowest BCUT2D eigenvalue weighted by Crippen LogP contribution is -2.40. The lowest BCUT2D eigenvalue weighted by atomic mass is 10.0. The molecule has 0 N–H and O–H groups in total. The van der Waals surface area contributed by atoms with E-state index in [2.05, 4.69) is 5.16 Å². The SMILES string of the molecule is O=C(C1CCCC1)N(Cc1ccc(C(F)(F)F)cc1)CC1CC(c2ccc(Cl)c(Cl)c2)=NO1. The minimum absolute atomic E-state index is 0.0129. The Kier molecular flexibility index (Phi) is 7.19. The highest BCUT2D eigenvalue weighted by Gasteiger charge is 2.33. The zero-order valence-electron chi connectivity index (χ0n) is 17.7. The van der Waals surface area contributed by atoms with Gasteiger partial charge in [0.05, 0.1) is 27.9 Å². The van der Waals surface area contributed by atoms with Crippen LogP contribution < -0.4 is 0 Å². The van der Waals surface area contributed by atoms with Gasteiger partial charge in [0.25, 0.3) is 0 Å². The fourth-order valence-electron chi connectivity index (χ4n) is 4.30. The van der Waals surface area contributed by atoms with Crippen LogP contribution in [-0.2, 0) is 22.4 Å². The molecule has 1 heterocycles. The molecule has 2 aromatic rings. The van der Waals surface area contributed by atoms with Gasteiger partial charge in [0, 0.05) is 24.4 Å². The van der Waals surface area contributed by atoms with Crippen LogP contribution in [0.1, 0.15) is 48.8 Å². The third kappa shape index (κ3) is 5.82. The highest BCUT2D eigenvalue weighted by molar-refractivity contribution is 6.42. The second-order valence-corrected chi connectivity index (χ2v) is 9.31. The van der Waals surface area contributed by atoms with E-state index in [1.54, 1.807) is 17.0 Å². The monoisotopic (exact) mass is 498 g/mol. The first-order chi connectivity index (χ1) is 15.7. The van der Waals surface area contributed by atoms with Gasteiger partial charge in [-0.25, -0.2) is 0 Å². The molecule has 4 nitrogen and oxygen atoms in total. The Morgan fingerprint density at radius 1 is 1.06 bits per heavy atom. The van der Waals surface area contributed by atoms with E-state index in [9.17, 15) is 18.0 Å². The van der Waals surface area contributed by atoms with Crippen LogP contribution in [0.25, 0.3) is 0 Å². The lowest BCUT2D eigenvalue weighted by Gasteiger charge is -2.27. The summed E-state index contributed by atoms with van der Waals surface area (Å²) in [5, 5.41) is 5.03. The molecule has 1 unspecified atom stereocenters. The Morgan fingerprint density at radius 3 is 2.39 bits per heavy atom. The second-order valence-electron chi connectivity index (χ2n) is 8.49. The van der Waals surface area contributed by atoms with Crippen LogP contribution in [0.5, 0.6) is 0 Å². The summed E-state index contributed by atoms with van der Waals surface area (Å²) in [5.74, 6) is -0.0460. The summed E-state index contributed by atoms with van der Waals surface area (Å²) < 4.78 is 38.7. The molecule has 9 heteroatoms. The van der Waals surface area contributed by atoms with Gasteiger partial charge in [-0.05, 0) is 42.7 Å². The van der Waals surface area contributed by atoms with Crippen molar-refractivity contribution in [2.24, 2.45) is 11.1 Å². The normalized spacial score (nSPS) is 18.8. The minimum Gasteiger partial charge on any atom is -0.390 e. The molecule has 1 atom stereocenters. The zero-order chi connectivity index (χ0) is 23.6. The average Bonchev–Trinajstić information content (AvgIpc) is 3.47. The van der Waals surface area contributed by atoms with Crippen molar-refractivity contribution in [1.29, 1.82) is 0 Å². The van der Waals surface area contributed by atoms with Crippen molar-refractivity contribution in [2.45, 2.75) is 50.9 Å². The van der Waals surface area contributed by atoms with E-state index < -0.39 is 11.7 Å². The number of amides is 1. The van der Waals surface area contributed by atoms with Crippen molar-refractivity contribution >= 4 is 34.8 Å². The molecule has 1 fully saturated rings. The quantitative estimate of drug-likeness (QED) is 0.443. The highest BCUT2D eigenvalue weighted by atomic mass is 35.5. The van der Waals surface area contributed by atoms with Gasteiger partial charge >= 0.3 is 6.18 Å². The van der Waals surface area contributed by atoms with Gasteiger partial charge in [-0.3, -0.25) is 4.79 Å². The molecule has 0 radical (unpaired) electrons. The van der Waals surface area contributed by atoms with Crippen molar-refractivity contribution in [3.05, 3.63) is 69.2 Å². The molecular weight excluding hydrogens is 476 g/mol. The van der Waals surface area contributed by atoms with E-state index in [-0.39, 0.29) is 24.5 Å². The van der Waals surface area contributed by atoms with Gasteiger partial charge < -0.3 is 9.74 Å². The first kappa shape index (κ1) is 23.9. The topological polar surface area (TPSA) is 41.9 Å². The molecule has 1 aliphatic carbocycles. The Morgan fingerprint density at radius 2 is 1.76 bits per heavy atom. The Bertz CT molecular complexity index is 1030. The van der Waals surface area contributed by atoms with Crippen LogP contribution in [0, 0.1) is 5.92 Å². The number of carbonyl (C=O) groups excluding carboxylic acids is 1.